The summed E-state index contributed by atoms with van der Waals surface area (Å²) in [6, 6.07) is 4.53. The summed E-state index contributed by atoms with van der Waals surface area (Å²) >= 11 is 0. The molecule has 3 heterocycles. The van der Waals surface area contributed by atoms with Crippen LogP contribution in [-0.2, 0) is 13.1 Å². The molecule has 4 heteroatoms. The molecule has 0 N–H and O–H groups in total. The fraction of sp³-hybridized carbons (Fsp3) is 0.611. The molecule has 1 aliphatic rings. The number of likely N-dealkylation sites (tertiary alicyclic amines) is 1. The highest BCUT2D eigenvalue weighted by Gasteiger charge is 2.26. The molecular formula is C18H27N3O. The van der Waals surface area contributed by atoms with E-state index in [4.69, 9.17) is 4.42 Å². The Labute approximate surface area is 133 Å². The number of hydrogen-bond donors (Lipinski definition) is 0. The van der Waals surface area contributed by atoms with E-state index in [1.807, 2.05) is 6.07 Å². The Balaban J connectivity index is 1.86. The summed E-state index contributed by atoms with van der Waals surface area (Å²) in [5.74, 6) is 1.11. The van der Waals surface area contributed by atoms with E-state index in [1.165, 1.54) is 42.6 Å². The molecule has 0 amide bonds. The fourth-order valence-electron chi connectivity index (χ4n) is 3.63. The highest BCUT2D eigenvalue weighted by Crippen LogP contribution is 2.32. The predicted molar refractivity (Wildman–Crippen MR) is 87.7 cm³/mol. The third-order valence-electron chi connectivity index (χ3n) is 4.93. The first-order valence-electron chi connectivity index (χ1n) is 8.51. The molecule has 0 radical (unpaired) electrons. The first-order valence-corrected chi connectivity index (χ1v) is 8.51. The zero-order chi connectivity index (χ0) is 15.5. The van der Waals surface area contributed by atoms with E-state index in [1.54, 1.807) is 6.26 Å². The van der Waals surface area contributed by atoms with Gasteiger partial charge in [-0.1, -0.05) is 12.8 Å². The van der Waals surface area contributed by atoms with Gasteiger partial charge in [0.05, 0.1) is 18.0 Å². The molecule has 0 aromatic carbocycles. The summed E-state index contributed by atoms with van der Waals surface area (Å²) < 4.78 is 7.84. The van der Waals surface area contributed by atoms with Gasteiger partial charge in [0.15, 0.2) is 0 Å². The third-order valence-corrected chi connectivity index (χ3v) is 4.93. The van der Waals surface area contributed by atoms with E-state index in [2.05, 4.69) is 41.5 Å². The van der Waals surface area contributed by atoms with Crippen LogP contribution in [0.25, 0.3) is 0 Å². The van der Waals surface area contributed by atoms with E-state index in [0.717, 1.165) is 25.4 Å². The van der Waals surface area contributed by atoms with E-state index in [0.29, 0.717) is 6.04 Å². The van der Waals surface area contributed by atoms with Gasteiger partial charge in [-0.2, -0.15) is 5.10 Å². The molecule has 22 heavy (non-hydrogen) atoms. The van der Waals surface area contributed by atoms with E-state index < -0.39 is 0 Å². The lowest BCUT2D eigenvalue weighted by molar-refractivity contribution is 0.169. The Morgan fingerprint density at radius 3 is 2.82 bits per heavy atom. The average molecular weight is 301 g/mol. The lowest BCUT2D eigenvalue weighted by atomic mass is 10.1. The molecule has 0 bridgehead atoms. The summed E-state index contributed by atoms with van der Waals surface area (Å²) in [5, 5.41) is 4.67. The van der Waals surface area contributed by atoms with Crippen LogP contribution in [0.1, 0.15) is 61.4 Å². The number of aryl methyl sites for hydroxylation is 2. The highest BCUT2D eigenvalue weighted by atomic mass is 16.3. The van der Waals surface area contributed by atoms with Crippen molar-refractivity contribution >= 4 is 0 Å². The molecule has 1 fully saturated rings. The lowest BCUT2D eigenvalue weighted by Crippen LogP contribution is -2.28. The van der Waals surface area contributed by atoms with E-state index in [-0.39, 0.29) is 0 Å². The Kier molecular flexibility index (Phi) is 4.67. The van der Waals surface area contributed by atoms with Crippen molar-refractivity contribution in [2.75, 3.05) is 6.54 Å². The van der Waals surface area contributed by atoms with E-state index in [9.17, 15) is 0 Å². The second kappa shape index (κ2) is 6.69. The number of hydrogen-bond acceptors (Lipinski definition) is 3. The molecule has 120 valence electrons. The molecule has 0 spiro atoms. The Bertz CT molecular complexity index is 600. The zero-order valence-electron chi connectivity index (χ0n) is 14.0. The molecule has 0 aliphatic carbocycles. The summed E-state index contributed by atoms with van der Waals surface area (Å²) in [4.78, 5) is 2.59. The van der Waals surface area contributed by atoms with Crippen LogP contribution in [0.3, 0.4) is 0 Å². The Morgan fingerprint density at radius 1 is 1.27 bits per heavy atom. The predicted octanol–water partition coefficient (Wildman–Crippen LogP) is 4.23. The van der Waals surface area contributed by atoms with Crippen molar-refractivity contribution in [1.29, 1.82) is 0 Å². The topological polar surface area (TPSA) is 34.2 Å². The SMILES string of the molecule is CCn1nc(C)c(CN2CCCCC[C@@H]2c2ccco2)c1C. The van der Waals surface area contributed by atoms with Gasteiger partial charge in [-0.15, -0.1) is 0 Å². The van der Waals surface area contributed by atoms with Crippen molar-refractivity contribution in [1.82, 2.24) is 14.7 Å². The number of aromatic nitrogens is 2. The number of nitrogens with zero attached hydrogens (tertiary/aromatic N) is 3. The van der Waals surface area contributed by atoms with Crippen molar-refractivity contribution < 1.29 is 4.42 Å². The first kappa shape index (κ1) is 15.3. The maximum atomic E-state index is 5.72. The van der Waals surface area contributed by atoms with Crippen molar-refractivity contribution in [3.63, 3.8) is 0 Å². The Hall–Kier alpha value is -1.55. The monoisotopic (exact) mass is 301 g/mol. The van der Waals surface area contributed by atoms with Crippen LogP contribution in [0.4, 0.5) is 0 Å². The third kappa shape index (κ3) is 2.98. The van der Waals surface area contributed by atoms with Crippen molar-refractivity contribution in [2.45, 2.75) is 65.6 Å². The molecule has 4 nitrogen and oxygen atoms in total. The average Bonchev–Trinajstić information content (AvgIpc) is 3.06. The molecule has 0 saturated carbocycles. The molecule has 2 aromatic rings. The minimum absolute atomic E-state index is 0.404. The van der Waals surface area contributed by atoms with Crippen LogP contribution in [0, 0.1) is 13.8 Å². The fourth-order valence-corrected chi connectivity index (χ4v) is 3.63. The molecule has 1 atom stereocenters. The van der Waals surface area contributed by atoms with Gasteiger partial charge >= 0.3 is 0 Å². The number of furan rings is 1. The van der Waals surface area contributed by atoms with Crippen LogP contribution in [0.15, 0.2) is 22.8 Å². The second-order valence-electron chi connectivity index (χ2n) is 6.32. The van der Waals surface area contributed by atoms with Crippen LogP contribution in [0.5, 0.6) is 0 Å². The van der Waals surface area contributed by atoms with Crippen molar-refractivity contribution in [2.24, 2.45) is 0 Å². The van der Waals surface area contributed by atoms with Gasteiger partial charge in [-0.3, -0.25) is 9.58 Å². The molecule has 2 aromatic heterocycles. The molecule has 0 unspecified atom stereocenters. The highest BCUT2D eigenvalue weighted by molar-refractivity contribution is 5.25. The first-order chi connectivity index (χ1) is 10.7. The summed E-state index contributed by atoms with van der Waals surface area (Å²) in [6.45, 7) is 9.53. The summed E-state index contributed by atoms with van der Waals surface area (Å²) in [6.07, 6.45) is 6.86. The quantitative estimate of drug-likeness (QED) is 0.847. The van der Waals surface area contributed by atoms with Gasteiger partial charge in [-0.05, 0) is 52.3 Å². The largest absolute Gasteiger partial charge is 0.468 e. The molecule has 1 saturated heterocycles. The zero-order valence-corrected chi connectivity index (χ0v) is 14.0. The lowest BCUT2D eigenvalue weighted by Gasteiger charge is -2.28. The van der Waals surface area contributed by atoms with Crippen LogP contribution >= 0.6 is 0 Å². The van der Waals surface area contributed by atoms with Gasteiger partial charge in [0.1, 0.15) is 5.76 Å². The summed E-state index contributed by atoms with van der Waals surface area (Å²) in [5.41, 5.74) is 3.87. The van der Waals surface area contributed by atoms with Gasteiger partial charge < -0.3 is 4.42 Å². The van der Waals surface area contributed by atoms with Crippen molar-refractivity contribution in [3.8, 4) is 0 Å². The van der Waals surface area contributed by atoms with Gasteiger partial charge in [0.2, 0.25) is 0 Å². The molecule has 1 aliphatic heterocycles. The normalized spacial score (nSPS) is 20.2. The number of rotatable bonds is 4. The van der Waals surface area contributed by atoms with Crippen LogP contribution in [0.2, 0.25) is 0 Å². The van der Waals surface area contributed by atoms with Crippen LogP contribution in [-0.4, -0.2) is 21.2 Å². The second-order valence-corrected chi connectivity index (χ2v) is 6.32. The maximum absolute atomic E-state index is 5.72. The minimum Gasteiger partial charge on any atom is -0.468 e. The summed E-state index contributed by atoms with van der Waals surface area (Å²) in [7, 11) is 0. The smallest absolute Gasteiger partial charge is 0.120 e. The Morgan fingerprint density at radius 2 is 2.14 bits per heavy atom. The molecule has 3 rings (SSSR count). The maximum Gasteiger partial charge on any atom is 0.120 e. The van der Waals surface area contributed by atoms with Gasteiger partial charge in [0, 0.05) is 24.3 Å². The molecular weight excluding hydrogens is 274 g/mol. The van der Waals surface area contributed by atoms with Gasteiger partial charge in [-0.25, -0.2) is 0 Å². The van der Waals surface area contributed by atoms with Crippen molar-refractivity contribution in [3.05, 3.63) is 41.1 Å². The standard InChI is InChI=1S/C18H27N3O/c1-4-21-15(3)16(14(2)19-21)13-20-11-7-5-6-9-17(20)18-10-8-12-22-18/h8,10,12,17H,4-7,9,11,13H2,1-3H3/t17-/m1/s1. The minimum atomic E-state index is 0.404. The van der Waals surface area contributed by atoms with Gasteiger partial charge in [0.25, 0.3) is 0 Å². The van der Waals surface area contributed by atoms with Crippen LogP contribution < -0.4 is 0 Å². The van der Waals surface area contributed by atoms with E-state index >= 15 is 0 Å².